The van der Waals surface area contributed by atoms with Gasteiger partial charge in [0.1, 0.15) is 0 Å². The van der Waals surface area contributed by atoms with Gasteiger partial charge in [0, 0.05) is 52.9 Å². The Morgan fingerprint density at radius 1 is 1.25 bits per heavy atom. The molecule has 0 unspecified atom stereocenters. The predicted molar refractivity (Wildman–Crippen MR) is 77.7 cm³/mol. The molecule has 5 heteroatoms. The third kappa shape index (κ3) is 5.38. The van der Waals surface area contributed by atoms with Crippen molar-refractivity contribution in [2.24, 2.45) is 5.92 Å². The standard InChI is InChI=1S/C15H28N2O3/c1-16(5-3-6-17-7-10-19-11-8-17)15(18)12-14-4-2-9-20-13-14/h14H,2-13H2,1H3/t14-/m0/s1. The summed E-state index contributed by atoms with van der Waals surface area (Å²) in [6.45, 7) is 7.27. The third-order valence-electron chi connectivity index (χ3n) is 4.22. The Balaban J connectivity index is 1.58. The van der Waals surface area contributed by atoms with E-state index in [4.69, 9.17) is 9.47 Å². The normalized spacial score (nSPS) is 24.6. The van der Waals surface area contributed by atoms with Gasteiger partial charge in [-0.15, -0.1) is 0 Å². The van der Waals surface area contributed by atoms with Crippen molar-refractivity contribution in [2.45, 2.75) is 25.7 Å². The Labute approximate surface area is 122 Å². The highest BCUT2D eigenvalue weighted by atomic mass is 16.5. The summed E-state index contributed by atoms with van der Waals surface area (Å²) in [5.74, 6) is 0.695. The van der Waals surface area contributed by atoms with Crippen molar-refractivity contribution in [3.63, 3.8) is 0 Å². The van der Waals surface area contributed by atoms with Crippen LogP contribution in [0.5, 0.6) is 0 Å². The lowest BCUT2D eigenvalue weighted by Gasteiger charge is -2.28. The van der Waals surface area contributed by atoms with E-state index >= 15 is 0 Å². The highest BCUT2D eigenvalue weighted by Crippen LogP contribution is 2.17. The second-order valence-electron chi connectivity index (χ2n) is 5.91. The van der Waals surface area contributed by atoms with E-state index in [0.717, 1.165) is 71.9 Å². The molecule has 1 amide bonds. The molecule has 2 heterocycles. The average molecular weight is 284 g/mol. The SMILES string of the molecule is CN(CCCN1CCOCC1)C(=O)C[C@@H]1CCCOC1. The average Bonchev–Trinajstić information content (AvgIpc) is 2.49. The number of carbonyl (C=O) groups is 1. The van der Waals surface area contributed by atoms with Crippen LogP contribution in [0.15, 0.2) is 0 Å². The molecule has 0 radical (unpaired) electrons. The van der Waals surface area contributed by atoms with Gasteiger partial charge in [0.15, 0.2) is 0 Å². The maximum absolute atomic E-state index is 12.1. The van der Waals surface area contributed by atoms with Gasteiger partial charge in [-0.1, -0.05) is 0 Å². The van der Waals surface area contributed by atoms with E-state index in [1.807, 2.05) is 11.9 Å². The number of hydrogen-bond acceptors (Lipinski definition) is 4. The van der Waals surface area contributed by atoms with Gasteiger partial charge in [0.05, 0.1) is 13.2 Å². The van der Waals surface area contributed by atoms with Crippen LogP contribution in [-0.2, 0) is 14.3 Å². The topological polar surface area (TPSA) is 42.0 Å². The summed E-state index contributed by atoms with van der Waals surface area (Å²) in [4.78, 5) is 16.4. The molecule has 2 aliphatic rings. The molecule has 2 rings (SSSR count). The number of hydrogen-bond donors (Lipinski definition) is 0. The monoisotopic (exact) mass is 284 g/mol. The molecule has 5 nitrogen and oxygen atoms in total. The molecule has 2 fully saturated rings. The lowest BCUT2D eigenvalue weighted by molar-refractivity contribution is -0.132. The maximum atomic E-state index is 12.1. The van der Waals surface area contributed by atoms with E-state index < -0.39 is 0 Å². The molecule has 0 bridgehead atoms. The first kappa shape index (κ1) is 15.7. The minimum Gasteiger partial charge on any atom is -0.381 e. The lowest BCUT2D eigenvalue weighted by Crippen LogP contribution is -2.38. The second kappa shape index (κ2) is 8.60. The van der Waals surface area contributed by atoms with Crippen LogP contribution in [0.25, 0.3) is 0 Å². The van der Waals surface area contributed by atoms with Crippen LogP contribution in [0, 0.1) is 5.92 Å². The molecule has 2 saturated heterocycles. The van der Waals surface area contributed by atoms with Crippen molar-refractivity contribution in [1.82, 2.24) is 9.80 Å². The molecule has 1 atom stereocenters. The minimum atomic E-state index is 0.266. The molecule has 0 aliphatic carbocycles. The van der Waals surface area contributed by atoms with E-state index in [0.29, 0.717) is 12.3 Å². The Morgan fingerprint density at radius 2 is 2.05 bits per heavy atom. The minimum absolute atomic E-state index is 0.266. The zero-order chi connectivity index (χ0) is 14.2. The third-order valence-corrected chi connectivity index (χ3v) is 4.22. The van der Waals surface area contributed by atoms with Crippen molar-refractivity contribution in [1.29, 1.82) is 0 Å². The molecule has 0 saturated carbocycles. The predicted octanol–water partition coefficient (Wildman–Crippen LogP) is 0.984. The molecule has 116 valence electrons. The fourth-order valence-electron chi connectivity index (χ4n) is 2.85. The highest BCUT2D eigenvalue weighted by Gasteiger charge is 2.19. The Morgan fingerprint density at radius 3 is 2.75 bits per heavy atom. The maximum Gasteiger partial charge on any atom is 0.222 e. The summed E-state index contributed by atoms with van der Waals surface area (Å²) in [5.41, 5.74) is 0. The van der Waals surface area contributed by atoms with Gasteiger partial charge in [-0.25, -0.2) is 0 Å². The number of carbonyl (C=O) groups excluding carboxylic acids is 1. The van der Waals surface area contributed by atoms with Crippen LogP contribution in [0.3, 0.4) is 0 Å². The van der Waals surface area contributed by atoms with E-state index in [9.17, 15) is 4.79 Å². The molecular formula is C15H28N2O3. The molecule has 20 heavy (non-hydrogen) atoms. The van der Waals surface area contributed by atoms with Crippen LogP contribution in [0.2, 0.25) is 0 Å². The number of morpholine rings is 1. The van der Waals surface area contributed by atoms with Gasteiger partial charge in [0.25, 0.3) is 0 Å². The summed E-state index contributed by atoms with van der Waals surface area (Å²) in [6, 6.07) is 0. The number of rotatable bonds is 6. The fraction of sp³-hybridized carbons (Fsp3) is 0.933. The smallest absolute Gasteiger partial charge is 0.222 e. The summed E-state index contributed by atoms with van der Waals surface area (Å²) >= 11 is 0. The van der Waals surface area contributed by atoms with Crippen molar-refractivity contribution in [3.05, 3.63) is 0 Å². The van der Waals surface area contributed by atoms with Crippen LogP contribution < -0.4 is 0 Å². The summed E-state index contributed by atoms with van der Waals surface area (Å²) < 4.78 is 10.8. The Kier molecular flexibility index (Phi) is 6.76. The largest absolute Gasteiger partial charge is 0.381 e. The lowest BCUT2D eigenvalue weighted by atomic mass is 9.98. The van der Waals surface area contributed by atoms with Crippen molar-refractivity contribution in [2.75, 3.05) is 59.7 Å². The van der Waals surface area contributed by atoms with E-state index in [1.165, 1.54) is 0 Å². The van der Waals surface area contributed by atoms with Gasteiger partial charge in [-0.3, -0.25) is 9.69 Å². The number of amides is 1. The highest BCUT2D eigenvalue weighted by molar-refractivity contribution is 5.76. The van der Waals surface area contributed by atoms with E-state index in [-0.39, 0.29) is 5.91 Å². The summed E-state index contributed by atoms with van der Waals surface area (Å²) in [6.07, 6.45) is 3.92. The summed E-state index contributed by atoms with van der Waals surface area (Å²) in [7, 11) is 1.92. The van der Waals surface area contributed by atoms with Gasteiger partial charge < -0.3 is 14.4 Å². The van der Waals surface area contributed by atoms with Gasteiger partial charge in [0.2, 0.25) is 5.91 Å². The molecular weight excluding hydrogens is 256 g/mol. The number of ether oxygens (including phenoxy) is 2. The first-order chi connectivity index (χ1) is 9.75. The summed E-state index contributed by atoms with van der Waals surface area (Å²) in [5, 5.41) is 0. The molecule has 0 aromatic heterocycles. The molecule has 0 aromatic carbocycles. The second-order valence-corrected chi connectivity index (χ2v) is 5.91. The van der Waals surface area contributed by atoms with Crippen LogP contribution in [-0.4, -0.2) is 75.4 Å². The zero-order valence-corrected chi connectivity index (χ0v) is 12.7. The van der Waals surface area contributed by atoms with Crippen LogP contribution >= 0.6 is 0 Å². The van der Waals surface area contributed by atoms with Gasteiger partial charge in [-0.05, 0) is 25.2 Å². The van der Waals surface area contributed by atoms with Gasteiger partial charge >= 0.3 is 0 Å². The number of nitrogens with zero attached hydrogens (tertiary/aromatic N) is 2. The van der Waals surface area contributed by atoms with Gasteiger partial charge in [-0.2, -0.15) is 0 Å². The quantitative estimate of drug-likeness (QED) is 0.729. The fourth-order valence-corrected chi connectivity index (χ4v) is 2.85. The van der Waals surface area contributed by atoms with Crippen molar-refractivity contribution >= 4 is 5.91 Å². The van der Waals surface area contributed by atoms with Crippen molar-refractivity contribution < 1.29 is 14.3 Å². The first-order valence-corrected chi connectivity index (χ1v) is 7.87. The zero-order valence-electron chi connectivity index (χ0n) is 12.7. The van der Waals surface area contributed by atoms with E-state index in [1.54, 1.807) is 0 Å². The molecule has 0 N–H and O–H groups in total. The molecule has 0 aromatic rings. The Hall–Kier alpha value is -0.650. The van der Waals surface area contributed by atoms with Crippen LogP contribution in [0.4, 0.5) is 0 Å². The molecule has 0 spiro atoms. The Bertz CT molecular complexity index is 287. The first-order valence-electron chi connectivity index (χ1n) is 7.87. The van der Waals surface area contributed by atoms with Crippen molar-refractivity contribution in [3.8, 4) is 0 Å². The van der Waals surface area contributed by atoms with E-state index in [2.05, 4.69) is 4.90 Å². The van der Waals surface area contributed by atoms with Crippen LogP contribution in [0.1, 0.15) is 25.7 Å². The molecule has 2 aliphatic heterocycles.